The molecule has 2 aromatic carbocycles. The van der Waals surface area contributed by atoms with Crippen LogP contribution >= 0.6 is 27.7 Å². The standard InChI is InChI=1S/C18H13BrN4O4S/c19-13-6-4-12(5-7-13)15(24)9-16-17(25)21-18(28-16)22-20-10-11-2-1-3-14(8-11)23(26)27/h1-8,10,16H,9H2,(H,21,22,25). The van der Waals surface area contributed by atoms with Crippen LogP contribution < -0.4 is 5.32 Å². The van der Waals surface area contributed by atoms with Crippen molar-refractivity contribution in [3.63, 3.8) is 0 Å². The SMILES string of the molecule is O=C(CC1S/C(=N/N=Cc2cccc([N+](=O)[O-])c2)NC1=O)c1ccc(Br)cc1. The zero-order valence-corrected chi connectivity index (χ0v) is 16.6. The zero-order chi connectivity index (χ0) is 20.1. The van der Waals surface area contributed by atoms with Crippen molar-refractivity contribution >= 4 is 56.5 Å². The van der Waals surface area contributed by atoms with Crippen LogP contribution in [0.2, 0.25) is 0 Å². The fourth-order valence-corrected chi connectivity index (χ4v) is 3.56. The number of non-ortho nitro benzene ring substituents is 1. The summed E-state index contributed by atoms with van der Waals surface area (Å²) in [6, 6.07) is 12.9. The highest BCUT2D eigenvalue weighted by Crippen LogP contribution is 2.24. The molecule has 1 unspecified atom stereocenters. The summed E-state index contributed by atoms with van der Waals surface area (Å²) in [7, 11) is 0. The normalized spacial score (nSPS) is 17.8. The Morgan fingerprint density at radius 3 is 2.75 bits per heavy atom. The van der Waals surface area contributed by atoms with E-state index in [1.807, 2.05) is 0 Å². The first-order chi connectivity index (χ1) is 13.4. The van der Waals surface area contributed by atoms with Crippen molar-refractivity contribution in [1.29, 1.82) is 0 Å². The van der Waals surface area contributed by atoms with Gasteiger partial charge in [-0.3, -0.25) is 19.7 Å². The third kappa shape index (κ3) is 5.11. The molecule has 1 atom stereocenters. The predicted molar refractivity (Wildman–Crippen MR) is 111 cm³/mol. The molecule has 1 heterocycles. The molecule has 3 rings (SSSR count). The van der Waals surface area contributed by atoms with E-state index in [-0.39, 0.29) is 29.0 Å². The Bertz CT molecular complexity index is 991. The monoisotopic (exact) mass is 460 g/mol. The molecule has 1 amide bonds. The zero-order valence-electron chi connectivity index (χ0n) is 14.2. The van der Waals surface area contributed by atoms with Crippen LogP contribution in [0.25, 0.3) is 0 Å². The number of nitrogens with zero attached hydrogens (tertiary/aromatic N) is 3. The van der Waals surface area contributed by atoms with Crippen molar-refractivity contribution in [2.24, 2.45) is 10.2 Å². The minimum Gasteiger partial charge on any atom is -0.303 e. The Morgan fingerprint density at radius 1 is 1.29 bits per heavy atom. The topological polar surface area (TPSA) is 114 Å². The molecule has 1 aliphatic rings. The van der Waals surface area contributed by atoms with E-state index >= 15 is 0 Å². The second-order valence-corrected chi connectivity index (χ2v) is 7.84. The van der Waals surface area contributed by atoms with Gasteiger partial charge in [-0.05, 0) is 12.1 Å². The Balaban J connectivity index is 1.62. The summed E-state index contributed by atoms with van der Waals surface area (Å²) in [6.45, 7) is 0. The maximum Gasteiger partial charge on any atom is 0.270 e. The number of ketones is 1. The predicted octanol–water partition coefficient (Wildman–Crippen LogP) is 3.55. The van der Waals surface area contributed by atoms with Crippen molar-refractivity contribution in [2.75, 3.05) is 0 Å². The Morgan fingerprint density at radius 2 is 2.04 bits per heavy atom. The highest BCUT2D eigenvalue weighted by Gasteiger charge is 2.32. The number of thioether (sulfide) groups is 1. The van der Waals surface area contributed by atoms with Crippen molar-refractivity contribution in [3.8, 4) is 0 Å². The number of nitro groups is 1. The molecule has 0 radical (unpaired) electrons. The number of nitro benzene ring substituents is 1. The van der Waals surface area contributed by atoms with Gasteiger partial charge in [-0.25, -0.2) is 0 Å². The average Bonchev–Trinajstić information content (AvgIpc) is 3.01. The maximum absolute atomic E-state index is 12.3. The lowest BCUT2D eigenvalue weighted by Crippen LogP contribution is -2.26. The molecule has 28 heavy (non-hydrogen) atoms. The van der Waals surface area contributed by atoms with Gasteiger partial charge in [-0.1, -0.05) is 52.0 Å². The quantitative estimate of drug-likeness (QED) is 0.306. The lowest BCUT2D eigenvalue weighted by molar-refractivity contribution is -0.384. The van der Waals surface area contributed by atoms with Gasteiger partial charge in [0.05, 0.1) is 16.4 Å². The molecule has 1 N–H and O–H groups in total. The van der Waals surface area contributed by atoms with E-state index in [9.17, 15) is 19.7 Å². The minimum absolute atomic E-state index is 0.0474. The molecule has 0 bridgehead atoms. The van der Waals surface area contributed by atoms with Crippen LogP contribution in [-0.2, 0) is 4.79 Å². The third-order valence-electron chi connectivity index (χ3n) is 3.75. The summed E-state index contributed by atoms with van der Waals surface area (Å²) >= 11 is 4.44. The molecule has 142 valence electrons. The Kier molecular flexibility index (Phi) is 6.32. The van der Waals surface area contributed by atoms with Gasteiger partial charge in [0.15, 0.2) is 11.0 Å². The molecule has 0 aliphatic carbocycles. The smallest absolute Gasteiger partial charge is 0.270 e. The average molecular weight is 461 g/mol. The number of carbonyl (C=O) groups is 2. The molecule has 2 aromatic rings. The molecule has 8 nitrogen and oxygen atoms in total. The second-order valence-electron chi connectivity index (χ2n) is 5.73. The van der Waals surface area contributed by atoms with E-state index in [0.717, 1.165) is 16.2 Å². The number of hydrogen-bond acceptors (Lipinski definition) is 7. The number of amidine groups is 1. The summed E-state index contributed by atoms with van der Waals surface area (Å²) in [5, 5.41) is 20.8. The molecule has 1 saturated heterocycles. The fourth-order valence-electron chi connectivity index (χ4n) is 2.38. The lowest BCUT2D eigenvalue weighted by atomic mass is 10.1. The lowest BCUT2D eigenvalue weighted by Gasteiger charge is -2.04. The molecular formula is C18H13BrN4O4S. The molecule has 1 fully saturated rings. The highest BCUT2D eigenvalue weighted by atomic mass is 79.9. The van der Waals surface area contributed by atoms with Crippen LogP contribution in [0.15, 0.2) is 63.2 Å². The number of carbonyl (C=O) groups excluding carboxylic acids is 2. The van der Waals surface area contributed by atoms with Crippen molar-refractivity contribution < 1.29 is 14.5 Å². The summed E-state index contributed by atoms with van der Waals surface area (Å²) < 4.78 is 0.869. The van der Waals surface area contributed by atoms with E-state index in [2.05, 4.69) is 31.4 Å². The summed E-state index contributed by atoms with van der Waals surface area (Å²) in [5.41, 5.74) is 0.993. The first-order valence-corrected chi connectivity index (χ1v) is 9.71. The number of halogens is 1. The summed E-state index contributed by atoms with van der Waals surface area (Å²) in [6.07, 6.45) is 1.40. The van der Waals surface area contributed by atoms with E-state index in [4.69, 9.17) is 0 Å². The molecule has 0 saturated carbocycles. The molecular weight excluding hydrogens is 448 g/mol. The van der Waals surface area contributed by atoms with Gasteiger partial charge in [0.25, 0.3) is 5.69 Å². The van der Waals surface area contributed by atoms with Gasteiger partial charge in [-0.2, -0.15) is 5.10 Å². The number of Topliss-reactive ketones (excluding diaryl/α,β-unsaturated/α-hetero) is 1. The van der Waals surface area contributed by atoms with Crippen LogP contribution in [-0.4, -0.2) is 33.2 Å². The van der Waals surface area contributed by atoms with Crippen molar-refractivity contribution in [1.82, 2.24) is 5.32 Å². The van der Waals surface area contributed by atoms with Crippen LogP contribution in [0.4, 0.5) is 5.69 Å². The molecule has 0 spiro atoms. The number of hydrogen-bond donors (Lipinski definition) is 1. The van der Waals surface area contributed by atoms with Gasteiger partial charge in [0.2, 0.25) is 5.91 Å². The largest absolute Gasteiger partial charge is 0.303 e. The molecule has 0 aromatic heterocycles. The van der Waals surface area contributed by atoms with E-state index in [1.54, 1.807) is 36.4 Å². The number of amides is 1. The van der Waals surface area contributed by atoms with Crippen molar-refractivity contribution in [2.45, 2.75) is 11.7 Å². The second kappa shape index (κ2) is 8.89. The van der Waals surface area contributed by atoms with Gasteiger partial charge in [0, 0.05) is 34.2 Å². The fraction of sp³-hybridized carbons (Fsp3) is 0.111. The number of benzene rings is 2. The van der Waals surface area contributed by atoms with E-state index < -0.39 is 10.2 Å². The van der Waals surface area contributed by atoms with Crippen LogP contribution in [0.1, 0.15) is 22.3 Å². The number of rotatable bonds is 6. The van der Waals surface area contributed by atoms with Crippen LogP contribution in [0, 0.1) is 10.1 Å². The highest BCUT2D eigenvalue weighted by molar-refractivity contribution is 9.10. The first-order valence-electron chi connectivity index (χ1n) is 8.04. The van der Waals surface area contributed by atoms with Gasteiger partial charge >= 0.3 is 0 Å². The molecule has 1 aliphatic heterocycles. The summed E-state index contributed by atoms with van der Waals surface area (Å²) in [4.78, 5) is 34.6. The third-order valence-corrected chi connectivity index (χ3v) is 5.35. The number of nitrogens with one attached hydrogen (secondary N) is 1. The van der Waals surface area contributed by atoms with Gasteiger partial charge < -0.3 is 5.32 Å². The Labute approximate surface area is 172 Å². The molecule has 10 heteroatoms. The maximum atomic E-state index is 12.3. The van der Waals surface area contributed by atoms with Gasteiger partial charge in [0.1, 0.15) is 0 Å². The van der Waals surface area contributed by atoms with Crippen LogP contribution in [0.3, 0.4) is 0 Å². The minimum atomic E-state index is -0.581. The summed E-state index contributed by atoms with van der Waals surface area (Å²) in [5.74, 6) is -0.443. The van der Waals surface area contributed by atoms with E-state index in [1.165, 1.54) is 18.3 Å². The van der Waals surface area contributed by atoms with Crippen molar-refractivity contribution in [3.05, 3.63) is 74.2 Å². The van der Waals surface area contributed by atoms with Crippen LogP contribution in [0.5, 0.6) is 0 Å². The Hall–Kier alpha value is -2.85. The van der Waals surface area contributed by atoms with Gasteiger partial charge in [-0.15, -0.1) is 5.10 Å². The first kappa shape index (κ1) is 19.9. The van der Waals surface area contributed by atoms with E-state index in [0.29, 0.717) is 11.1 Å².